The lowest BCUT2D eigenvalue weighted by atomic mass is 10.2. The Morgan fingerprint density at radius 2 is 2.15 bits per heavy atom. The van der Waals surface area contributed by atoms with Gasteiger partial charge in [-0.2, -0.15) is 0 Å². The summed E-state index contributed by atoms with van der Waals surface area (Å²) in [6.07, 6.45) is 1.63. The first kappa shape index (κ1) is 19.0. The third-order valence-corrected chi connectivity index (χ3v) is 5.24. The standard InChI is InChI=1S/C19H22N4O3S/c1-13-16(8-9-26-13)18-20-21-19(23(18)3)27-12-17(24)22(2)11-14-6-5-7-15(10-14)25-4/h5-10H,11-12H2,1-4H3. The van der Waals surface area contributed by atoms with Gasteiger partial charge in [-0.3, -0.25) is 4.79 Å². The van der Waals surface area contributed by atoms with Crippen LogP contribution >= 0.6 is 11.8 Å². The summed E-state index contributed by atoms with van der Waals surface area (Å²) in [5.41, 5.74) is 1.92. The normalized spacial score (nSPS) is 10.8. The molecule has 2 aromatic heterocycles. The van der Waals surface area contributed by atoms with E-state index in [-0.39, 0.29) is 11.7 Å². The predicted molar refractivity (Wildman–Crippen MR) is 104 cm³/mol. The molecule has 1 aromatic carbocycles. The lowest BCUT2D eigenvalue weighted by molar-refractivity contribution is -0.127. The molecule has 0 N–H and O–H groups in total. The third-order valence-electron chi connectivity index (χ3n) is 4.24. The minimum Gasteiger partial charge on any atom is -0.497 e. The van der Waals surface area contributed by atoms with Gasteiger partial charge >= 0.3 is 0 Å². The molecule has 2 heterocycles. The highest BCUT2D eigenvalue weighted by atomic mass is 32.2. The van der Waals surface area contributed by atoms with Gasteiger partial charge < -0.3 is 18.6 Å². The van der Waals surface area contributed by atoms with Crippen molar-refractivity contribution in [1.29, 1.82) is 0 Å². The van der Waals surface area contributed by atoms with Crippen molar-refractivity contribution in [2.45, 2.75) is 18.6 Å². The van der Waals surface area contributed by atoms with Crippen LogP contribution in [0.25, 0.3) is 11.4 Å². The number of ether oxygens (including phenoxy) is 1. The molecule has 0 aliphatic carbocycles. The molecule has 3 rings (SSSR count). The molecule has 0 bridgehead atoms. The zero-order valence-electron chi connectivity index (χ0n) is 15.8. The minimum atomic E-state index is 0.0202. The molecular weight excluding hydrogens is 364 g/mol. The number of hydrogen-bond acceptors (Lipinski definition) is 6. The van der Waals surface area contributed by atoms with E-state index in [1.54, 1.807) is 25.3 Å². The predicted octanol–water partition coefficient (Wildman–Crippen LogP) is 3.14. The Morgan fingerprint density at radius 3 is 2.85 bits per heavy atom. The number of methoxy groups -OCH3 is 1. The average Bonchev–Trinajstić information content (AvgIpc) is 3.25. The summed E-state index contributed by atoms with van der Waals surface area (Å²) < 4.78 is 12.4. The van der Waals surface area contributed by atoms with Gasteiger partial charge in [0, 0.05) is 20.6 Å². The Kier molecular flexibility index (Phi) is 5.85. The second-order valence-corrected chi connectivity index (χ2v) is 7.09. The van der Waals surface area contributed by atoms with Gasteiger partial charge in [-0.25, -0.2) is 0 Å². The largest absolute Gasteiger partial charge is 0.497 e. The highest BCUT2D eigenvalue weighted by Crippen LogP contribution is 2.26. The summed E-state index contributed by atoms with van der Waals surface area (Å²) >= 11 is 1.37. The molecule has 8 heteroatoms. The fourth-order valence-corrected chi connectivity index (χ4v) is 3.51. The molecular formula is C19H22N4O3S. The molecule has 0 atom stereocenters. The Bertz CT molecular complexity index is 935. The van der Waals surface area contributed by atoms with E-state index < -0.39 is 0 Å². The fourth-order valence-electron chi connectivity index (χ4n) is 2.66. The van der Waals surface area contributed by atoms with Crippen LogP contribution in [0.1, 0.15) is 11.3 Å². The van der Waals surface area contributed by atoms with Gasteiger partial charge in [0.2, 0.25) is 5.91 Å². The quantitative estimate of drug-likeness (QED) is 0.581. The van der Waals surface area contributed by atoms with E-state index in [2.05, 4.69) is 10.2 Å². The number of nitrogens with zero attached hydrogens (tertiary/aromatic N) is 4. The van der Waals surface area contributed by atoms with Crippen molar-refractivity contribution < 1.29 is 13.9 Å². The maximum absolute atomic E-state index is 12.5. The highest BCUT2D eigenvalue weighted by molar-refractivity contribution is 7.99. The minimum absolute atomic E-state index is 0.0202. The van der Waals surface area contributed by atoms with Gasteiger partial charge in [-0.1, -0.05) is 23.9 Å². The van der Waals surface area contributed by atoms with Crippen molar-refractivity contribution in [2.24, 2.45) is 7.05 Å². The summed E-state index contributed by atoms with van der Waals surface area (Å²) in [6, 6.07) is 9.57. The summed E-state index contributed by atoms with van der Waals surface area (Å²) in [4.78, 5) is 14.2. The Labute approximate surface area is 162 Å². The zero-order valence-corrected chi connectivity index (χ0v) is 16.6. The number of aryl methyl sites for hydroxylation is 1. The highest BCUT2D eigenvalue weighted by Gasteiger charge is 2.17. The number of aromatic nitrogens is 3. The van der Waals surface area contributed by atoms with E-state index in [0.717, 1.165) is 28.5 Å². The number of benzene rings is 1. The Balaban J connectivity index is 1.60. The molecule has 7 nitrogen and oxygen atoms in total. The van der Waals surface area contributed by atoms with Crippen molar-refractivity contribution in [3.63, 3.8) is 0 Å². The number of thioether (sulfide) groups is 1. The maximum atomic E-state index is 12.5. The molecule has 0 fully saturated rings. The van der Waals surface area contributed by atoms with Gasteiger partial charge in [0.1, 0.15) is 11.5 Å². The molecule has 0 saturated carbocycles. The van der Waals surface area contributed by atoms with Crippen molar-refractivity contribution in [1.82, 2.24) is 19.7 Å². The monoisotopic (exact) mass is 386 g/mol. The van der Waals surface area contributed by atoms with E-state index >= 15 is 0 Å². The molecule has 142 valence electrons. The van der Waals surface area contributed by atoms with Crippen LogP contribution < -0.4 is 4.74 Å². The summed E-state index contributed by atoms with van der Waals surface area (Å²) in [5.74, 6) is 2.60. The van der Waals surface area contributed by atoms with Gasteiger partial charge in [0.05, 0.1) is 24.7 Å². The van der Waals surface area contributed by atoms with Crippen LogP contribution in [-0.4, -0.2) is 45.5 Å². The van der Waals surface area contributed by atoms with Crippen LogP contribution in [0.5, 0.6) is 5.75 Å². The zero-order chi connectivity index (χ0) is 19.4. The van der Waals surface area contributed by atoms with Gasteiger partial charge in [-0.05, 0) is 30.7 Å². The lowest BCUT2D eigenvalue weighted by Crippen LogP contribution is -2.27. The first-order valence-corrected chi connectivity index (χ1v) is 9.41. The van der Waals surface area contributed by atoms with Gasteiger partial charge in [-0.15, -0.1) is 10.2 Å². The second kappa shape index (κ2) is 8.30. The van der Waals surface area contributed by atoms with Crippen molar-refractivity contribution in [3.05, 3.63) is 47.9 Å². The van der Waals surface area contributed by atoms with Crippen LogP contribution in [0.2, 0.25) is 0 Å². The number of carbonyl (C=O) groups excluding carboxylic acids is 1. The molecule has 27 heavy (non-hydrogen) atoms. The van der Waals surface area contributed by atoms with Crippen LogP contribution in [0.4, 0.5) is 0 Å². The van der Waals surface area contributed by atoms with Crippen molar-refractivity contribution >= 4 is 17.7 Å². The first-order chi connectivity index (χ1) is 13.0. The van der Waals surface area contributed by atoms with Crippen molar-refractivity contribution in [2.75, 3.05) is 19.9 Å². The van der Waals surface area contributed by atoms with Crippen LogP contribution in [0.15, 0.2) is 46.2 Å². The molecule has 0 unspecified atom stereocenters. The molecule has 0 spiro atoms. The van der Waals surface area contributed by atoms with E-state index in [0.29, 0.717) is 11.7 Å². The Hall–Kier alpha value is -2.74. The molecule has 0 aliphatic heterocycles. The first-order valence-electron chi connectivity index (χ1n) is 8.43. The smallest absolute Gasteiger partial charge is 0.233 e. The number of amides is 1. The summed E-state index contributed by atoms with van der Waals surface area (Å²) in [7, 11) is 5.30. The van der Waals surface area contributed by atoms with E-state index in [1.165, 1.54) is 11.8 Å². The topological polar surface area (TPSA) is 73.4 Å². The van der Waals surface area contributed by atoms with Gasteiger partial charge in [0.25, 0.3) is 0 Å². The number of furan rings is 1. The SMILES string of the molecule is COc1cccc(CN(C)C(=O)CSc2nnc(-c3ccoc3C)n2C)c1. The Morgan fingerprint density at radius 1 is 1.33 bits per heavy atom. The van der Waals surface area contributed by atoms with E-state index in [4.69, 9.17) is 9.15 Å². The molecule has 0 saturated heterocycles. The molecule has 3 aromatic rings. The number of carbonyl (C=O) groups is 1. The molecule has 0 radical (unpaired) electrons. The average molecular weight is 386 g/mol. The van der Waals surface area contributed by atoms with Crippen LogP contribution in [0.3, 0.4) is 0 Å². The summed E-state index contributed by atoms with van der Waals surface area (Å²) in [5, 5.41) is 9.11. The molecule has 0 aliphatic rings. The summed E-state index contributed by atoms with van der Waals surface area (Å²) in [6.45, 7) is 2.41. The number of hydrogen-bond donors (Lipinski definition) is 0. The molecule has 1 amide bonds. The van der Waals surface area contributed by atoms with Crippen molar-refractivity contribution in [3.8, 4) is 17.1 Å². The van der Waals surface area contributed by atoms with Gasteiger partial charge in [0.15, 0.2) is 11.0 Å². The second-order valence-electron chi connectivity index (χ2n) is 6.15. The third kappa shape index (κ3) is 4.33. The van der Waals surface area contributed by atoms with Crippen LogP contribution in [0, 0.1) is 6.92 Å². The van der Waals surface area contributed by atoms with E-state index in [1.807, 2.05) is 48.9 Å². The van der Waals surface area contributed by atoms with Crippen LogP contribution in [-0.2, 0) is 18.4 Å². The van der Waals surface area contributed by atoms with E-state index in [9.17, 15) is 4.79 Å². The fraction of sp³-hybridized carbons (Fsp3) is 0.316. The maximum Gasteiger partial charge on any atom is 0.233 e. The lowest BCUT2D eigenvalue weighted by Gasteiger charge is -2.17. The number of rotatable bonds is 7.